The van der Waals surface area contributed by atoms with Crippen LogP contribution in [0.2, 0.25) is 0 Å². The van der Waals surface area contributed by atoms with Gasteiger partial charge in [0.2, 0.25) is 0 Å². The SMILES string of the molecule is CC(C)(C)OC(=O)[C@@H](CN)c1ccc(C(=O)O)cc1. The fourth-order valence-corrected chi connectivity index (χ4v) is 1.60. The molecule has 1 atom stereocenters. The summed E-state index contributed by atoms with van der Waals surface area (Å²) in [6.45, 7) is 5.46. The lowest BCUT2D eigenvalue weighted by Gasteiger charge is -2.23. The van der Waals surface area contributed by atoms with Crippen molar-refractivity contribution < 1.29 is 19.4 Å². The predicted molar refractivity (Wildman–Crippen MR) is 71.0 cm³/mol. The molecule has 0 saturated carbocycles. The molecule has 0 saturated heterocycles. The number of hydrogen-bond acceptors (Lipinski definition) is 4. The quantitative estimate of drug-likeness (QED) is 0.810. The summed E-state index contributed by atoms with van der Waals surface area (Å²) in [4.78, 5) is 22.7. The highest BCUT2D eigenvalue weighted by molar-refractivity contribution is 5.88. The third-order valence-electron chi connectivity index (χ3n) is 2.49. The van der Waals surface area contributed by atoms with Gasteiger partial charge in [-0.1, -0.05) is 12.1 Å². The van der Waals surface area contributed by atoms with Crippen LogP contribution >= 0.6 is 0 Å². The second-order valence-electron chi connectivity index (χ2n) is 5.25. The van der Waals surface area contributed by atoms with Gasteiger partial charge in [-0.2, -0.15) is 0 Å². The van der Waals surface area contributed by atoms with Crippen molar-refractivity contribution in [3.63, 3.8) is 0 Å². The number of carbonyl (C=O) groups is 2. The Balaban J connectivity index is 2.91. The zero-order chi connectivity index (χ0) is 14.6. The van der Waals surface area contributed by atoms with E-state index in [0.717, 1.165) is 0 Å². The van der Waals surface area contributed by atoms with Gasteiger partial charge < -0.3 is 15.6 Å². The maximum atomic E-state index is 12.0. The molecule has 0 spiro atoms. The van der Waals surface area contributed by atoms with Crippen LogP contribution in [0.3, 0.4) is 0 Å². The number of nitrogens with two attached hydrogens (primary N) is 1. The minimum absolute atomic E-state index is 0.112. The number of esters is 1. The molecule has 0 radical (unpaired) electrons. The van der Waals surface area contributed by atoms with Gasteiger partial charge in [-0.05, 0) is 38.5 Å². The Bertz CT molecular complexity index is 459. The van der Waals surface area contributed by atoms with Crippen molar-refractivity contribution in [2.45, 2.75) is 32.3 Å². The van der Waals surface area contributed by atoms with Crippen molar-refractivity contribution in [2.24, 2.45) is 5.73 Å². The molecule has 0 bridgehead atoms. The lowest BCUT2D eigenvalue weighted by Crippen LogP contribution is -2.31. The lowest BCUT2D eigenvalue weighted by atomic mass is 9.98. The number of rotatable bonds is 4. The number of aromatic carboxylic acids is 1. The van der Waals surface area contributed by atoms with Gasteiger partial charge in [-0.25, -0.2) is 4.79 Å². The van der Waals surface area contributed by atoms with Crippen molar-refractivity contribution >= 4 is 11.9 Å². The Morgan fingerprint density at radius 1 is 1.26 bits per heavy atom. The van der Waals surface area contributed by atoms with Crippen LogP contribution in [-0.2, 0) is 9.53 Å². The maximum Gasteiger partial charge on any atom is 0.335 e. The molecular weight excluding hydrogens is 246 g/mol. The fourth-order valence-electron chi connectivity index (χ4n) is 1.60. The molecule has 0 aromatic heterocycles. The molecule has 5 nitrogen and oxygen atoms in total. The summed E-state index contributed by atoms with van der Waals surface area (Å²) in [5.41, 5.74) is 5.85. The first-order chi connectivity index (χ1) is 8.74. The first kappa shape index (κ1) is 15.2. The summed E-state index contributed by atoms with van der Waals surface area (Å²) >= 11 is 0. The first-order valence-corrected chi connectivity index (χ1v) is 6.01. The van der Waals surface area contributed by atoms with Crippen LogP contribution in [0.15, 0.2) is 24.3 Å². The second kappa shape index (κ2) is 5.84. The Kier molecular flexibility index (Phi) is 4.67. The number of carboxylic acid groups (broad SMARTS) is 1. The summed E-state index contributed by atoms with van der Waals surface area (Å²) in [6.07, 6.45) is 0. The van der Waals surface area contributed by atoms with Gasteiger partial charge in [0, 0.05) is 6.54 Å². The van der Waals surface area contributed by atoms with E-state index in [9.17, 15) is 9.59 Å². The van der Waals surface area contributed by atoms with E-state index in [4.69, 9.17) is 15.6 Å². The van der Waals surface area contributed by atoms with Crippen LogP contribution in [-0.4, -0.2) is 29.2 Å². The van der Waals surface area contributed by atoms with E-state index >= 15 is 0 Å². The van der Waals surface area contributed by atoms with E-state index in [1.165, 1.54) is 12.1 Å². The standard InChI is InChI=1S/C14H19NO4/c1-14(2,3)19-13(18)11(8-15)9-4-6-10(7-5-9)12(16)17/h4-7,11H,8,15H2,1-3H3,(H,16,17)/t11-/m0/s1. The van der Waals surface area contributed by atoms with Gasteiger partial charge in [0.1, 0.15) is 5.60 Å². The molecule has 0 unspecified atom stereocenters. The Morgan fingerprint density at radius 3 is 2.16 bits per heavy atom. The normalized spacial score (nSPS) is 12.8. The zero-order valence-electron chi connectivity index (χ0n) is 11.3. The average Bonchev–Trinajstić information content (AvgIpc) is 2.28. The van der Waals surface area contributed by atoms with E-state index in [0.29, 0.717) is 5.56 Å². The molecule has 19 heavy (non-hydrogen) atoms. The summed E-state index contributed by atoms with van der Waals surface area (Å²) in [5, 5.41) is 8.82. The van der Waals surface area contributed by atoms with Gasteiger partial charge in [-0.15, -0.1) is 0 Å². The molecule has 1 aromatic carbocycles. The number of carbonyl (C=O) groups excluding carboxylic acids is 1. The van der Waals surface area contributed by atoms with E-state index < -0.39 is 23.5 Å². The van der Waals surface area contributed by atoms with Crippen molar-refractivity contribution in [1.29, 1.82) is 0 Å². The highest BCUT2D eigenvalue weighted by Gasteiger charge is 2.25. The van der Waals surface area contributed by atoms with Gasteiger partial charge >= 0.3 is 11.9 Å². The van der Waals surface area contributed by atoms with Gasteiger partial charge in [-0.3, -0.25) is 4.79 Å². The molecule has 1 aromatic rings. The van der Waals surface area contributed by atoms with Crippen LogP contribution in [0.25, 0.3) is 0 Å². The van der Waals surface area contributed by atoms with Crippen LogP contribution in [0, 0.1) is 0 Å². The predicted octanol–water partition coefficient (Wildman–Crippen LogP) is 1.77. The average molecular weight is 265 g/mol. The zero-order valence-corrected chi connectivity index (χ0v) is 11.3. The Labute approximate surface area is 112 Å². The summed E-state index contributed by atoms with van der Waals surface area (Å²) < 4.78 is 5.29. The first-order valence-electron chi connectivity index (χ1n) is 6.01. The molecule has 0 heterocycles. The van der Waals surface area contributed by atoms with Crippen LogP contribution in [0.5, 0.6) is 0 Å². The minimum Gasteiger partial charge on any atom is -0.478 e. The highest BCUT2D eigenvalue weighted by atomic mass is 16.6. The van der Waals surface area contributed by atoms with Crippen molar-refractivity contribution in [3.05, 3.63) is 35.4 Å². The largest absolute Gasteiger partial charge is 0.478 e. The van der Waals surface area contributed by atoms with E-state index in [1.54, 1.807) is 32.9 Å². The summed E-state index contributed by atoms with van der Waals surface area (Å²) in [5.74, 6) is -1.99. The van der Waals surface area contributed by atoms with Crippen LogP contribution < -0.4 is 5.73 Å². The monoisotopic (exact) mass is 265 g/mol. The minimum atomic E-state index is -1.01. The Morgan fingerprint density at radius 2 is 1.79 bits per heavy atom. The Hall–Kier alpha value is -1.88. The smallest absolute Gasteiger partial charge is 0.335 e. The molecular formula is C14H19NO4. The molecule has 0 aliphatic carbocycles. The fraction of sp³-hybridized carbons (Fsp3) is 0.429. The molecule has 3 N–H and O–H groups in total. The van der Waals surface area contributed by atoms with E-state index in [2.05, 4.69) is 0 Å². The van der Waals surface area contributed by atoms with E-state index in [1.807, 2.05) is 0 Å². The van der Waals surface area contributed by atoms with Gasteiger partial charge in [0.25, 0.3) is 0 Å². The van der Waals surface area contributed by atoms with Crippen molar-refractivity contribution in [2.75, 3.05) is 6.54 Å². The van der Waals surface area contributed by atoms with Crippen LogP contribution in [0.1, 0.15) is 42.6 Å². The molecule has 0 fully saturated rings. The van der Waals surface area contributed by atoms with Crippen LogP contribution in [0.4, 0.5) is 0 Å². The molecule has 1 rings (SSSR count). The third-order valence-corrected chi connectivity index (χ3v) is 2.49. The molecule has 5 heteroatoms. The molecule has 0 amide bonds. The molecule has 104 valence electrons. The molecule has 0 aliphatic heterocycles. The maximum absolute atomic E-state index is 12.0. The highest BCUT2D eigenvalue weighted by Crippen LogP contribution is 2.20. The third kappa shape index (κ3) is 4.37. The molecule has 0 aliphatic rings. The van der Waals surface area contributed by atoms with Gasteiger partial charge in [0.15, 0.2) is 0 Å². The van der Waals surface area contributed by atoms with Crippen molar-refractivity contribution in [1.82, 2.24) is 0 Å². The van der Waals surface area contributed by atoms with E-state index in [-0.39, 0.29) is 12.1 Å². The topological polar surface area (TPSA) is 89.6 Å². The number of benzene rings is 1. The number of ether oxygens (including phenoxy) is 1. The summed E-state index contributed by atoms with van der Waals surface area (Å²) in [7, 11) is 0. The number of hydrogen-bond donors (Lipinski definition) is 2. The van der Waals surface area contributed by atoms with Crippen molar-refractivity contribution in [3.8, 4) is 0 Å². The van der Waals surface area contributed by atoms with Gasteiger partial charge in [0.05, 0.1) is 11.5 Å². The number of carboxylic acids is 1. The lowest BCUT2D eigenvalue weighted by molar-refractivity contribution is -0.156. The second-order valence-corrected chi connectivity index (χ2v) is 5.25. The summed E-state index contributed by atoms with van der Waals surface area (Å²) in [6, 6.07) is 6.07.